The molecule has 3 rings (SSSR count). The molecule has 3 aromatic rings. The minimum Gasteiger partial charge on any atom is -0.372 e. The Morgan fingerprint density at radius 3 is 1.91 bits per heavy atom. The molecule has 182 valence electrons. The summed E-state index contributed by atoms with van der Waals surface area (Å²) < 4.78 is 0. The smallest absolute Gasteiger partial charge is 0.156 e. The van der Waals surface area contributed by atoms with Gasteiger partial charge in [-0.25, -0.2) is 0 Å². The summed E-state index contributed by atoms with van der Waals surface area (Å²) in [6, 6.07) is 19.7. The summed E-state index contributed by atoms with van der Waals surface area (Å²) in [6.45, 7) is 10.8. The van der Waals surface area contributed by atoms with Gasteiger partial charge in [-0.3, -0.25) is 0 Å². The second-order valence-corrected chi connectivity index (χ2v) is 9.67. The van der Waals surface area contributed by atoms with E-state index >= 15 is 0 Å². The Balaban J connectivity index is 1.60. The zero-order chi connectivity index (χ0) is 25.0. The van der Waals surface area contributed by atoms with Crippen molar-refractivity contribution >= 4 is 39.1 Å². The Morgan fingerprint density at radius 2 is 1.40 bits per heavy atom. The zero-order valence-corrected chi connectivity index (χ0v) is 21.9. The molecule has 0 fully saturated rings. The van der Waals surface area contributed by atoms with Gasteiger partial charge in [-0.05, 0) is 87.2 Å². The maximum absolute atomic E-state index is 9.47. The minimum absolute atomic E-state index is 0.592. The third kappa shape index (κ3) is 7.83. The van der Waals surface area contributed by atoms with Gasteiger partial charge in [-0.2, -0.15) is 15.5 Å². The van der Waals surface area contributed by atoms with Gasteiger partial charge < -0.3 is 4.90 Å². The largest absolute Gasteiger partial charge is 0.372 e. The monoisotopic (exact) mass is 486 g/mol. The molecule has 1 atom stereocenters. The molecule has 0 saturated heterocycles. The lowest BCUT2D eigenvalue weighted by Crippen LogP contribution is -2.21. The van der Waals surface area contributed by atoms with Crippen LogP contribution in [-0.4, -0.2) is 13.1 Å². The van der Waals surface area contributed by atoms with Gasteiger partial charge >= 0.3 is 0 Å². The van der Waals surface area contributed by atoms with Crippen LogP contribution in [0.4, 0.5) is 27.8 Å². The van der Waals surface area contributed by atoms with E-state index in [-0.39, 0.29) is 0 Å². The van der Waals surface area contributed by atoms with Crippen molar-refractivity contribution in [3.63, 3.8) is 0 Å². The van der Waals surface area contributed by atoms with Crippen LogP contribution in [0.5, 0.6) is 0 Å². The number of benzene rings is 2. The molecule has 0 radical (unpaired) electrons. The number of nitrogens with zero attached hydrogens (tertiary/aromatic N) is 6. The minimum atomic E-state index is 0.592. The highest BCUT2D eigenvalue weighted by atomic mass is 32.1. The van der Waals surface area contributed by atoms with Crippen molar-refractivity contribution in [3.05, 3.63) is 65.0 Å². The van der Waals surface area contributed by atoms with Crippen molar-refractivity contribution in [1.29, 1.82) is 5.26 Å². The van der Waals surface area contributed by atoms with Crippen molar-refractivity contribution in [2.45, 2.75) is 53.4 Å². The van der Waals surface area contributed by atoms with E-state index in [1.807, 2.05) is 42.5 Å². The van der Waals surface area contributed by atoms with E-state index in [9.17, 15) is 5.26 Å². The Morgan fingerprint density at radius 1 is 0.857 bits per heavy atom. The van der Waals surface area contributed by atoms with Gasteiger partial charge in [0.2, 0.25) is 0 Å². The Kier molecular flexibility index (Phi) is 10.1. The van der Waals surface area contributed by atoms with E-state index in [0.717, 1.165) is 43.2 Å². The molecule has 1 unspecified atom stereocenters. The van der Waals surface area contributed by atoms with Crippen LogP contribution < -0.4 is 4.90 Å². The quantitative estimate of drug-likeness (QED) is 0.239. The van der Waals surface area contributed by atoms with E-state index < -0.39 is 0 Å². The maximum atomic E-state index is 9.47. The normalized spacial score (nSPS) is 12.3. The van der Waals surface area contributed by atoms with Crippen LogP contribution in [0.25, 0.3) is 0 Å². The van der Waals surface area contributed by atoms with Crippen molar-refractivity contribution in [2.24, 2.45) is 26.4 Å². The highest BCUT2D eigenvalue weighted by Gasteiger charge is 2.09. The standard InChI is InChI=1S/C28H34N6S/c1-5-21(4)9-8-10-27-19-22(20-29)28(35-27)33-32-24-13-11-23(12-14-24)30-31-25-15-17-26(18-16-25)34(6-2)7-3/h11-19,21H,5-10H2,1-4H3/b31-30+,33-32+. The lowest BCUT2D eigenvalue weighted by molar-refractivity contribution is 0.497. The first kappa shape index (κ1) is 26.2. The molecular weight excluding hydrogens is 452 g/mol. The third-order valence-corrected chi connectivity index (χ3v) is 7.15. The highest BCUT2D eigenvalue weighted by molar-refractivity contribution is 7.16. The van der Waals surface area contributed by atoms with Crippen molar-refractivity contribution in [1.82, 2.24) is 0 Å². The molecule has 0 amide bonds. The molecule has 0 N–H and O–H groups in total. The average Bonchev–Trinajstić information content (AvgIpc) is 3.30. The molecule has 7 heteroatoms. The summed E-state index contributed by atoms with van der Waals surface area (Å²) >= 11 is 1.56. The molecule has 0 spiro atoms. The SMILES string of the molecule is CCC(C)CCCc1cc(C#N)c(/N=N/c2ccc(/N=N/c3ccc(N(CC)CC)cc3)cc2)s1. The Labute approximate surface area is 213 Å². The van der Waals surface area contributed by atoms with Crippen LogP contribution >= 0.6 is 11.3 Å². The van der Waals surface area contributed by atoms with E-state index in [4.69, 9.17) is 0 Å². The molecule has 0 bridgehead atoms. The van der Waals surface area contributed by atoms with E-state index in [2.05, 4.69) is 71.3 Å². The summed E-state index contributed by atoms with van der Waals surface area (Å²) in [5.74, 6) is 0.741. The van der Waals surface area contributed by atoms with Gasteiger partial charge in [-0.15, -0.1) is 21.6 Å². The number of aryl methyl sites for hydroxylation is 1. The van der Waals surface area contributed by atoms with Crippen molar-refractivity contribution in [2.75, 3.05) is 18.0 Å². The number of hydrogen-bond acceptors (Lipinski definition) is 7. The number of anilines is 1. The maximum Gasteiger partial charge on any atom is 0.156 e. The van der Waals surface area contributed by atoms with Crippen LogP contribution in [0.15, 0.2) is 75.1 Å². The predicted octanol–water partition coefficient (Wildman–Crippen LogP) is 9.67. The number of hydrogen-bond donors (Lipinski definition) is 0. The zero-order valence-electron chi connectivity index (χ0n) is 21.1. The van der Waals surface area contributed by atoms with Gasteiger partial charge in [0, 0.05) is 23.7 Å². The number of thiophene rings is 1. The molecule has 0 saturated carbocycles. The van der Waals surface area contributed by atoms with E-state index in [1.165, 1.54) is 23.4 Å². The van der Waals surface area contributed by atoms with Gasteiger partial charge in [-0.1, -0.05) is 26.7 Å². The summed E-state index contributed by atoms with van der Waals surface area (Å²) in [5.41, 5.74) is 4.05. The van der Waals surface area contributed by atoms with Crippen molar-refractivity contribution < 1.29 is 0 Å². The lowest BCUT2D eigenvalue weighted by Gasteiger charge is -2.20. The number of azo groups is 2. The van der Waals surface area contributed by atoms with E-state index in [0.29, 0.717) is 16.3 Å². The molecule has 2 aromatic carbocycles. The Bertz CT molecular complexity index is 1150. The fraction of sp³-hybridized carbons (Fsp3) is 0.393. The summed E-state index contributed by atoms with van der Waals surface area (Å²) in [4.78, 5) is 3.48. The fourth-order valence-electron chi connectivity index (χ4n) is 3.66. The third-order valence-electron chi connectivity index (χ3n) is 6.07. The Hall–Kier alpha value is -3.37. The van der Waals surface area contributed by atoms with E-state index in [1.54, 1.807) is 11.3 Å². The van der Waals surface area contributed by atoms with Crippen LogP contribution in [0, 0.1) is 17.2 Å². The van der Waals surface area contributed by atoms with Gasteiger partial charge in [0.25, 0.3) is 0 Å². The summed E-state index contributed by atoms with van der Waals surface area (Å²) in [6.07, 6.45) is 4.53. The number of rotatable bonds is 12. The molecule has 35 heavy (non-hydrogen) atoms. The first-order valence-corrected chi connectivity index (χ1v) is 13.2. The number of nitriles is 1. The first-order chi connectivity index (χ1) is 17.1. The van der Waals surface area contributed by atoms with Crippen LogP contribution in [0.3, 0.4) is 0 Å². The molecule has 0 aliphatic carbocycles. The van der Waals surface area contributed by atoms with Gasteiger partial charge in [0.15, 0.2) is 5.00 Å². The van der Waals surface area contributed by atoms with Gasteiger partial charge in [0.05, 0.1) is 22.6 Å². The van der Waals surface area contributed by atoms with Crippen LogP contribution in [0.1, 0.15) is 57.4 Å². The second-order valence-electron chi connectivity index (χ2n) is 8.55. The molecular formula is C28H34N6S. The summed E-state index contributed by atoms with van der Waals surface area (Å²) in [7, 11) is 0. The molecule has 1 heterocycles. The molecule has 0 aliphatic heterocycles. The fourth-order valence-corrected chi connectivity index (χ4v) is 4.63. The average molecular weight is 487 g/mol. The lowest BCUT2D eigenvalue weighted by atomic mass is 10.0. The first-order valence-electron chi connectivity index (χ1n) is 12.4. The predicted molar refractivity (Wildman–Crippen MR) is 146 cm³/mol. The molecule has 1 aromatic heterocycles. The van der Waals surface area contributed by atoms with Gasteiger partial charge in [0.1, 0.15) is 6.07 Å². The topological polar surface area (TPSA) is 76.5 Å². The summed E-state index contributed by atoms with van der Waals surface area (Å²) in [5, 5.41) is 27.5. The van der Waals surface area contributed by atoms with Crippen LogP contribution in [0.2, 0.25) is 0 Å². The molecule has 0 aliphatic rings. The highest BCUT2D eigenvalue weighted by Crippen LogP contribution is 2.33. The second kappa shape index (κ2) is 13.5. The van der Waals surface area contributed by atoms with Crippen molar-refractivity contribution in [3.8, 4) is 6.07 Å². The molecule has 6 nitrogen and oxygen atoms in total. The van der Waals surface area contributed by atoms with Crippen LogP contribution in [-0.2, 0) is 6.42 Å².